The summed E-state index contributed by atoms with van der Waals surface area (Å²) in [5, 5.41) is 16.9. The molecule has 1 N–H and O–H groups in total. The van der Waals surface area contributed by atoms with E-state index in [0.717, 1.165) is 15.8 Å². The van der Waals surface area contributed by atoms with Crippen LogP contribution < -0.4 is 4.74 Å². The minimum Gasteiger partial charge on any atom is -0.491 e. The first-order chi connectivity index (χ1) is 9.28. The van der Waals surface area contributed by atoms with E-state index < -0.39 is 0 Å². The highest BCUT2D eigenvalue weighted by atomic mass is 79.9. The van der Waals surface area contributed by atoms with E-state index in [9.17, 15) is 0 Å². The smallest absolute Gasteiger partial charge is 0.119 e. The van der Waals surface area contributed by atoms with Crippen molar-refractivity contribution in [3.63, 3.8) is 0 Å². The number of ether oxygens (including phenoxy) is 1. The SMILES string of the molecule is OCCOc1ccc(N=Nc2ccc(Br)cc2)cc1. The highest BCUT2D eigenvalue weighted by molar-refractivity contribution is 9.10. The van der Waals surface area contributed by atoms with Crippen molar-refractivity contribution >= 4 is 27.3 Å². The van der Waals surface area contributed by atoms with Crippen LogP contribution in [-0.4, -0.2) is 18.3 Å². The number of aliphatic hydroxyl groups is 1. The van der Waals surface area contributed by atoms with Gasteiger partial charge in [0.25, 0.3) is 0 Å². The molecule has 0 heterocycles. The van der Waals surface area contributed by atoms with Crippen LogP contribution in [0.2, 0.25) is 0 Å². The second-order valence-electron chi connectivity index (χ2n) is 3.74. The Bertz CT molecular complexity index is 538. The molecule has 4 nitrogen and oxygen atoms in total. The molecule has 98 valence electrons. The van der Waals surface area contributed by atoms with Crippen LogP contribution in [0.4, 0.5) is 11.4 Å². The topological polar surface area (TPSA) is 54.2 Å². The number of hydrogen-bond acceptors (Lipinski definition) is 4. The molecule has 0 atom stereocenters. The number of aliphatic hydroxyl groups excluding tert-OH is 1. The number of azo groups is 1. The van der Waals surface area contributed by atoms with Crippen LogP contribution in [0.5, 0.6) is 5.75 Å². The highest BCUT2D eigenvalue weighted by Crippen LogP contribution is 2.22. The molecule has 0 bridgehead atoms. The van der Waals surface area contributed by atoms with Gasteiger partial charge in [0.05, 0.1) is 18.0 Å². The van der Waals surface area contributed by atoms with Crippen molar-refractivity contribution in [2.45, 2.75) is 0 Å². The Morgan fingerprint density at radius 1 is 0.895 bits per heavy atom. The Balaban J connectivity index is 2.00. The van der Waals surface area contributed by atoms with Gasteiger partial charge in [-0.15, -0.1) is 0 Å². The normalized spacial score (nSPS) is 10.8. The Labute approximate surface area is 119 Å². The van der Waals surface area contributed by atoms with Gasteiger partial charge in [0.2, 0.25) is 0 Å². The molecular formula is C14H13BrN2O2. The maximum absolute atomic E-state index is 8.65. The number of halogens is 1. The van der Waals surface area contributed by atoms with E-state index in [-0.39, 0.29) is 6.61 Å². The van der Waals surface area contributed by atoms with Gasteiger partial charge >= 0.3 is 0 Å². The Morgan fingerprint density at radius 2 is 1.42 bits per heavy atom. The Kier molecular flexibility index (Phi) is 5.06. The third-order valence-corrected chi connectivity index (χ3v) is 2.83. The summed E-state index contributed by atoms with van der Waals surface area (Å²) in [4.78, 5) is 0. The maximum Gasteiger partial charge on any atom is 0.119 e. The van der Waals surface area contributed by atoms with Crippen molar-refractivity contribution in [1.29, 1.82) is 0 Å². The van der Waals surface area contributed by atoms with E-state index in [2.05, 4.69) is 26.2 Å². The molecule has 0 fully saturated rings. The summed E-state index contributed by atoms with van der Waals surface area (Å²) in [7, 11) is 0. The molecular weight excluding hydrogens is 308 g/mol. The zero-order chi connectivity index (χ0) is 13.5. The van der Waals surface area contributed by atoms with Crippen molar-refractivity contribution in [3.8, 4) is 5.75 Å². The molecule has 0 saturated heterocycles. The predicted molar refractivity (Wildman–Crippen MR) is 77.3 cm³/mol. The first-order valence-electron chi connectivity index (χ1n) is 5.79. The van der Waals surface area contributed by atoms with Crippen LogP contribution in [0.25, 0.3) is 0 Å². The van der Waals surface area contributed by atoms with Crippen molar-refractivity contribution in [2.24, 2.45) is 10.2 Å². The van der Waals surface area contributed by atoms with Crippen molar-refractivity contribution in [3.05, 3.63) is 53.0 Å². The fraction of sp³-hybridized carbons (Fsp3) is 0.143. The molecule has 0 aromatic heterocycles. The van der Waals surface area contributed by atoms with E-state index >= 15 is 0 Å². The van der Waals surface area contributed by atoms with Gasteiger partial charge in [-0.25, -0.2) is 0 Å². The average molecular weight is 321 g/mol. The van der Waals surface area contributed by atoms with E-state index in [4.69, 9.17) is 9.84 Å². The van der Waals surface area contributed by atoms with Crippen molar-refractivity contribution < 1.29 is 9.84 Å². The summed E-state index contributed by atoms with van der Waals surface area (Å²) in [6, 6.07) is 14.8. The Morgan fingerprint density at radius 3 is 1.95 bits per heavy atom. The molecule has 0 aliphatic heterocycles. The number of rotatable bonds is 5. The summed E-state index contributed by atoms with van der Waals surface area (Å²) < 4.78 is 6.27. The summed E-state index contributed by atoms with van der Waals surface area (Å²) in [6.07, 6.45) is 0. The standard InChI is InChI=1S/C14H13BrN2O2/c15-11-1-3-12(4-2-11)16-17-13-5-7-14(8-6-13)19-10-9-18/h1-8,18H,9-10H2. The van der Waals surface area contributed by atoms with Gasteiger partial charge < -0.3 is 9.84 Å². The van der Waals surface area contributed by atoms with Crippen molar-refractivity contribution in [1.82, 2.24) is 0 Å². The van der Waals surface area contributed by atoms with E-state index in [0.29, 0.717) is 12.4 Å². The molecule has 0 amide bonds. The summed E-state index contributed by atoms with van der Waals surface area (Å²) in [5.74, 6) is 0.705. The van der Waals surface area contributed by atoms with Crippen LogP contribution >= 0.6 is 15.9 Å². The molecule has 2 aromatic carbocycles. The molecule has 0 aliphatic rings. The van der Waals surface area contributed by atoms with Crippen LogP contribution in [-0.2, 0) is 0 Å². The molecule has 5 heteroatoms. The number of hydrogen-bond donors (Lipinski definition) is 1. The predicted octanol–water partition coefficient (Wildman–Crippen LogP) is 4.24. The van der Waals surface area contributed by atoms with Crippen molar-refractivity contribution in [2.75, 3.05) is 13.2 Å². The monoisotopic (exact) mass is 320 g/mol. The van der Waals surface area contributed by atoms with E-state index in [1.54, 1.807) is 12.1 Å². The molecule has 0 aliphatic carbocycles. The third-order valence-electron chi connectivity index (χ3n) is 2.30. The van der Waals surface area contributed by atoms with E-state index in [1.807, 2.05) is 36.4 Å². The third kappa shape index (κ3) is 4.46. The number of benzene rings is 2. The van der Waals surface area contributed by atoms with Crippen LogP contribution in [0, 0.1) is 0 Å². The first-order valence-corrected chi connectivity index (χ1v) is 6.58. The number of nitrogens with zero attached hydrogens (tertiary/aromatic N) is 2. The zero-order valence-corrected chi connectivity index (χ0v) is 11.7. The summed E-state index contributed by atoms with van der Waals surface area (Å²) >= 11 is 3.37. The lowest BCUT2D eigenvalue weighted by molar-refractivity contribution is 0.201. The van der Waals surface area contributed by atoms with Crippen LogP contribution in [0.1, 0.15) is 0 Å². The fourth-order valence-corrected chi connectivity index (χ4v) is 1.66. The van der Waals surface area contributed by atoms with Gasteiger partial charge in [-0.05, 0) is 48.5 Å². The van der Waals surface area contributed by atoms with Crippen LogP contribution in [0.3, 0.4) is 0 Å². The molecule has 2 rings (SSSR count). The maximum atomic E-state index is 8.65. The van der Waals surface area contributed by atoms with Gasteiger partial charge in [-0.3, -0.25) is 0 Å². The molecule has 0 radical (unpaired) electrons. The quantitative estimate of drug-likeness (QED) is 0.838. The molecule has 0 unspecified atom stereocenters. The van der Waals surface area contributed by atoms with Gasteiger partial charge in [0.15, 0.2) is 0 Å². The largest absolute Gasteiger partial charge is 0.491 e. The molecule has 0 saturated carbocycles. The lowest BCUT2D eigenvalue weighted by Crippen LogP contribution is -2.00. The molecule has 2 aromatic rings. The highest BCUT2D eigenvalue weighted by Gasteiger charge is 1.94. The van der Waals surface area contributed by atoms with Gasteiger partial charge in [-0.2, -0.15) is 10.2 Å². The summed E-state index contributed by atoms with van der Waals surface area (Å²) in [6.45, 7) is 0.296. The van der Waals surface area contributed by atoms with Gasteiger partial charge in [0.1, 0.15) is 12.4 Å². The van der Waals surface area contributed by atoms with Crippen LogP contribution in [0.15, 0.2) is 63.2 Å². The lowest BCUT2D eigenvalue weighted by atomic mass is 10.3. The van der Waals surface area contributed by atoms with Gasteiger partial charge in [-0.1, -0.05) is 15.9 Å². The summed E-state index contributed by atoms with van der Waals surface area (Å²) in [5.41, 5.74) is 1.54. The first kappa shape index (κ1) is 13.7. The zero-order valence-electron chi connectivity index (χ0n) is 10.2. The second-order valence-corrected chi connectivity index (χ2v) is 4.66. The Hall–Kier alpha value is -1.72. The van der Waals surface area contributed by atoms with E-state index in [1.165, 1.54) is 0 Å². The lowest BCUT2D eigenvalue weighted by Gasteiger charge is -2.03. The average Bonchev–Trinajstić information content (AvgIpc) is 2.46. The molecule has 19 heavy (non-hydrogen) atoms. The van der Waals surface area contributed by atoms with Gasteiger partial charge in [0, 0.05) is 4.47 Å². The minimum absolute atomic E-state index is 0.00499. The second kappa shape index (κ2) is 7.01. The molecule has 0 spiro atoms. The minimum atomic E-state index is 0.00499. The fourth-order valence-electron chi connectivity index (χ4n) is 1.40.